The monoisotopic (exact) mass is 435 g/mol. The second-order valence-electron chi connectivity index (χ2n) is 7.33. The van der Waals surface area contributed by atoms with Gasteiger partial charge in [-0.05, 0) is 24.8 Å². The number of alkyl halides is 1. The predicted octanol–water partition coefficient (Wildman–Crippen LogP) is 3.04. The van der Waals surface area contributed by atoms with Crippen LogP contribution in [0, 0.1) is 11.6 Å². The second-order valence-corrected chi connectivity index (χ2v) is 8.44. The fourth-order valence-electron chi connectivity index (χ4n) is 3.67. The van der Waals surface area contributed by atoms with Crippen LogP contribution in [0.25, 0.3) is 17.0 Å². The molecule has 0 spiro atoms. The lowest BCUT2D eigenvalue weighted by molar-refractivity contribution is 0.341. The van der Waals surface area contributed by atoms with Crippen LogP contribution in [0.3, 0.4) is 0 Å². The Morgan fingerprint density at radius 2 is 2.03 bits per heavy atom. The Balaban J connectivity index is 1.53. The van der Waals surface area contributed by atoms with E-state index in [0.717, 1.165) is 37.0 Å². The molecular formula is C19H20F3N7S. The van der Waals surface area contributed by atoms with E-state index in [2.05, 4.69) is 29.9 Å². The van der Waals surface area contributed by atoms with E-state index >= 15 is 0 Å². The largest absolute Gasteiger partial charge is 0.361 e. The number of nitrogens with zero attached hydrogens (tertiary/aromatic N) is 5. The van der Waals surface area contributed by atoms with Gasteiger partial charge in [-0.2, -0.15) is 0 Å². The van der Waals surface area contributed by atoms with E-state index in [1.165, 1.54) is 6.20 Å². The maximum atomic E-state index is 14.7. The first-order chi connectivity index (χ1) is 14.6. The Bertz CT molecular complexity index is 1070. The summed E-state index contributed by atoms with van der Waals surface area (Å²) in [5.74, 6) is -0.100. The molecule has 2 fully saturated rings. The number of hydrogen-bond donors (Lipinski definition) is 2. The lowest BCUT2D eigenvalue weighted by atomic mass is 10.2. The number of imidazole rings is 1. The first-order valence-corrected chi connectivity index (χ1v) is 10.8. The lowest BCUT2D eigenvalue weighted by Gasteiger charge is -2.26. The SMILES string of the molecule is Fc1cc(F)c(-c2cnc3cnc(N4CCCCS4)cn23)nc1N[C@H]1CNC[C@@H]1F. The number of hydrogen-bond acceptors (Lipinski definition) is 7. The summed E-state index contributed by atoms with van der Waals surface area (Å²) in [4.78, 5) is 12.9. The summed E-state index contributed by atoms with van der Waals surface area (Å²) in [6, 6.07) is 0.141. The Labute approximate surface area is 175 Å². The summed E-state index contributed by atoms with van der Waals surface area (Å²) in [5.41, 5.74) is 0.841. The van der Waals surface area contributed by atoms with Gasteiger partial charge in [0, 0.05) is 31.5 Å². The van der Waals surface area contributed by atoms with Gasteiger partial charge in [-0.1, -0.05) is 0 Å². The molecule has 0 aromatic carbocycles. The van der Waals surface area contributed by atoms with Crippen molar-refractivity contribution >= 4 is 29.2 Å². The summed E-state index contributed by atoms with van der Waals surface area (Å²) >= 11 is 1.70. The van der Waals surface area contributed by atoms with Crippen molar-refractivity contribution < 1.29 is 13.2 Å². The molecule has 158 valence electrons. The quantitative estimate of drug-likeness (QED) is 0.611. The van der Waals surface area contributed by atoms with Crippen LogP contribution in [0.5, 0.6) is 0 Å². The maximum absolute atomic E-state index is 14.7. The van der Waals surface area contributed by atoms with E-state index in [4.69, 9.17) is 0 Å². The van der Waals surface area contributed by atoms with Crippen molar-refractivity contribution in [1.29, 1.82) is 0 Å². The molecule has 0 unspecified atom stereocenters. The maximum Gasteiger partial charge on any atom is 0.168 e. The highest BCUT2D eigenvalue weighted by molar-refractivity contribution is 8.00. The number of pyridine rings is 1. The van der Waals surface area contributed by atoms with Gasteiger partial charge in [0.15, 0.2) is 28.9 Å². The van der Waals surface area contributed by atoms with Crippen molar-refractivity contribution in [1.82, 2.24) is 24.7 Å². The highest BCUT2D eigenvalue weighted by Crippen LogP contribution is 2.30. The molecule has 3 aromatic heterocycles. The standard InChI is InChI=1S/C19H20F3N7S/c20-11-5-12(21)19(26-14-7-23-6-13(14)22)27-18(11)15-8-24-16-9-25-17(10-28(15)16)29-3-1-2-4-30-29/h5,8-10,13-14,23H,1-4,6-7H2,(H,26,27)/t13-,14-/m0/s1. The Morgan fingerprint density at radius 1 is 1.13 bits per heavy atom. The zero-order chi connectivity index (χ0) is 20.7. The van der Waals surface area contributed by atoms with Gasteiger partial charge >= 0.3 is 0 Å². The number of fused-ring (bicyclic) bond motifs is 1. The van der Waals surface area contributed by atoms with E-state index in [1.54, 1.807) is 28.7 Å². The van der Waals surface area contributed by atoms with E-state index in [1.807, 2.05) is 0 Å². The summed E-state index contributed by atoms with van der Waals surface area (Å²) in [5, 5.41) is 5.64. The van der Waals surface area contributed by atoms with Crippen molar-refractivity contribution in [3.63, 3.8) is 0 Å². The zero-order valence-corrected chi connectivity index (χ0v) is 16.8. The van der Waals surface area contributed by atoms with Crippen molar-refractivity contribution in [2.45, 2.75) is 25.1 Å². The van der Waals surface area contributed by atoms with Gasteiger partial charge in [-0.15, -0.1) is 0 Å². The third kappa shape index (κ3) is 3.56. The third-order valence-electron chi connectivity index (χ3n) is 5.27. The molecule has 2 aliphatic rings. The molecule has 2 N–H and O–H groups in total. The average molecular weight is 435 g/mol. The van der Waals surface area contributed by atoms with Crippen LogP contribution < -0.4 is 14.9 Å². The lowest BCUT2D eigenvalue weighted by Crippen LogP contribution is -2.30. The van der Waals surface area contributed by atoms with E-state index < -0.39 is 23.8 Å². The van der Waals surface area contributed by atoms with Gasteiger partial charge in [0.1, 0.15) is 11.9 Å². The summed E-state index contributed by atoms with van der Waals surface area (Å²) in [6.45, 7) is 1.41. The Morgan fingerprint density at radius 3 is 2.80 bits per heavy atom. The van der Waals surface area contributed by atoms with Gasteiger partial charge in [-0.3, -0.25) is 8.71 Å². The summed E-state index contributed by atoms with van der Waals surface area (Å²) < 4.78 is 46.7. The molecule has 2 atom stereocenters. The fourth-order valence-corrected chi connectivity index (χ4v) is 4.71. The molecule has 11 heteroatoms. The Hall–Kier alpha value is -2.53. The average Bonchev–Trinajstić information content (AvgIpc) is 3.36. The summed E-state index contributed by atoms with van der Waals surface area (Å²) in [6.07, 6.45) is 5.95. The number of aromatic nitrogens is 4. The topological polar surface area (TPSA) is 70.4 Å². The van der Waals surface area contributed by atoms with E-state index in [0.29, 0.717) is 17.9 Å². The first-order valence-electron chi connectivity index (χ1n) is 9.81. The zero-order valence-electron chi connectivity index (χ0n) is 16.0. The smallest absolute Gasteiger partial charge is 0.168 e. The van der Waals surface area contributed by atoms with E-state index in [9.17, 15) is 13.2 Å². The fraction of sp³-hybridized carbons (Fsp3) is 0.421. The molecule has 5 heterocycles. The van der Waals surface area contributed by atoms with Crippen LogP contribution in [0.2, 0.25) is 0 Å². The minimum Gasteiger partial charge on any atom is -0.361 e. The number of rotatable bonds is 4. The molecule has 2 aliphatic heterocycles. The van der Waals surface area contributed by atoms with E-state index in [-0.39, 0.29) is 18.1 Å². The molecule has 0 radical (unpaired) electrons. The molecule has 0 saturated carbocycles. The highest BCUT2D eigenvalue weighted by atomic mass is 32.2. The van der Waals surface area contributed by atoms with Crippen LogP contribution in [0.15, 0.2) is 24.7 Å². The molecule has 2 saturated heterocycles. The minimum atomic E-state index is -1.17. The van der Waals surface area contributed by atoms with Gasteiger partial charge in [-0.25, -0.2) is 28.1 Å². The van der Waals surface area contributed by atoms with Crippen molar-refractivity contribution in [3.05, 3.63) is 36.3 Å². The first kappa shape index (κ1) is 19.4. The molecule has 0 bridgehead atoms. The van der Waals surface area contributed by atoms with Crippen molar-refractivity contribution in [2.24, 2.45) is 0 Å². The molecule has 30 heavy (non-hydrogen) atoms. The molecule has 5 rings (SSSR count). The van der Waals surface area contributed by atoms with Crippen LogP contribution in [0.4, 0.5) is 24.8 Å². The number of anilines is 2. The molecule has 3 aromatic rings. The highest BCUT2D eigenvalue weighted by Gasteiger charge is 2.28. The number of halogens is 3. The molecule has 0 amide bonds. The normalized spacial score (nSPS) is 22.0. The Kier molecular flexibility index (Phi) is 5.15. The second kappa shape index (κ2) is 7.95. The molecular weight excluding hydrogens is 415 g/mol. The third-order valence-corrected chi connectivity index (χ3v) is 6.43. The number of nitrogens with one attached hydrogen (secondary N) is 2. The van der Waals surface area contributed by atoms with Gasteiger partial charge in [0.25, 0.3) is 0 Å². The van der Waals surface area contributed by atoms with Crippen LogP contribution in [-0.4, -0.2) is 57.0 Å². The van der Waals surface area contributed by atoms with Gasteiger partial charge in [0.05, 0.1) is 30.3 Å². The summed E-state index contributed by atoms with van der Waals surface area (Å²) in [7, 11) is 0. The van der Waals surface area contributed by atoms with Crippen molar-refractivity contribution in [3.8, 4) is 11.4 Å². The van der Waals surface area contributed by atoms with Crippen LogP contribution in [0.1, 0.15) is 12.8 Å². The molecule has 0 aliphatic carbocycles. The molecule has 7 nitrogen and oxygen atoms in total. The van der Waals surface area contributed by atoms with Crippen molar-refractivity contribution in [2.75, 3.05) is 35.0 Å². The van der Waals surface area contributed by atoms with Gasteiger partial charge in [0.2, 0.25) is 0 Å². The predicted molar refractivity (Wildman–Crippen MR) is 110 cm³/mol. The van der Waals surface area contributed by atoms with Gasteiger partial charge < -0.3 is 10.6 Å². The van der Waals surface area contributed by atoms with Crippen LogP contribution >= 0.6 is 11.9 Å². The minimum absolute atomic E-state index is 0.0591. The van der Waals surface area contributed by atoms with Crippen LogP contribution in [-0.2, 0) is 0 Å².